The molecule has 2 rings (SSSR count). The molecule has 0 aliphatic heterocycles. The number of nitrogens with two attached hydrogens (primary N) is 2. The van der Waals surface area contributed by atoms with Crippen LogP contribution in [0.15, 0.2) is 48.5 Å². The molecular formula is C18H22N4O3. The maximum Gasteiger partial charge on any atom is 0.267 e. The van der Waals surface area contributed by atoms with E-state index in [0.717, 1.165) is 11.1 Å². The molecule has 132 valence electrons. The average Bonchev–Trinajstić information content (AvgIpc) is 2.58. The van der Waals surface area contributed by atoms with Crippen LogP contribution in [0.1, 0.15) is 24.2 Å². The highest BCUT2D eigenvalue weighted by molar-refractivity contribution is 5.98. The van der Waals surface area contributed by atoms with Crippen LogP contribution in [-0.4, -0.2) is 28.6 Å². The largest absolute Gasteiger partial charge is 0.399 e. The molecule has 0 saturated heterocycles. The third kappa shape index (κ3) is 4.56. The zero-order valence-electron chi connectivity index (χ0n) is 14.1. The van der Waals surface area contributed by atoms with Gasteiger partial charge in [0, 0.05) is 16.8 Å². The van der Waals surface area contributed by atoms with Gasteiger partial charge in [-0.2, -0.15) is 0 Å². The second-order valence-corrected chi connectivity index (χ2v) is 6.40. The predicted molar refractivity (Wildman–Crippen MR) is 95.7 cm³/mol. The molecule has 0 unspecified atom stereocenters. The number of carbonyl (C=O) groups is 2. The fourth-order valence-electron chi connectivity index (χ4n) is 2.36. The van der Waals surface area contributed by atoms with Crippen LogP contribution in [0.5, 0.6) is 0 Å². The van der Waals surface area contributed by atoms with Gasteiger partial charge in [-0.25, -0.2) is 5.48 Å². The molecule has 1 atom stereocenters. The summed E-state index contributed by atoms with van der Waals surface area (Å²) >= 11 is 0. The van der Waals surface area contributed by atoms with Crippen molar-refractivity contribution in [2.24, 2.45) is 5.73 Å². The summed E-state index contributed by atoms with van der Waals surface area (Å²) in [7, 11) is 0. The lowest BCUT2D eigenvalue weighted by Gasteiger charge is -2.29. The topological polar surface area (TPSA) is 130 Å². The third-order valence-electron chi connectivity index (χ3n) is 3.78. The van der Waals surface area contributed by atoms with Crippen molar-refractivity contribution in [2.75, 3.05) is 5.73 Å². The van der Waals surface area contributed by atoms with E-state index < -0.39 is 23.4 Å². The van der Waals surface area contributed by atoms with E-state index in [1.54, 1.807) is 50.2 Å². The average molecular weight is 342 g/mol. The smallest absolute Gasteiger partial charge is 0.267 e. The molecule has 0 heterocycles. The minimum Gasteiger partial charge on any atom is -0.399 e. The Morgan fingerprint density at radius 2 is 1.48 bits per heavy atom. The van der Waals surface area contributed by atoms with E-state index in [1.807, 2.05) is 12.1 Å². The van der Waals surface area contributed by atoms with Crippen LogP contribution in [0.2, 0.25) is 0 Å². The van der Waals surface area contributed by atoms with Gasteiger partial charge < -0.3 is 16.8 Å². The van der Waals surface area contributed by atoms with Crippen molar-refractivity contribution >= 4 is 17.5 Å². The number of hydroxylamine groups is 1. The predicted octanol–water partition coefficient (Wildman–Crippen LogP) is 1.28. The minimum absolute atomic E-state index is 0.374. The van der Waals surface area contributed by atoms with Gasteiger partial charge >= 0.3 is 0 Å². The Balaban J connectivity index is 2.17. The summed E-state index contributed by atoms with van der Waals surface area (Å²) < 4.78 is 0. The molecule has 25 heavy (non-hydrogen) atoms. The van der Waals surface area contributed by atoms with E-state index in [-0.39, 0.29) is 0 Å². The van der Waals surface area contributed by atoms with E-state index in [9.17, 15) is 9.59 Å². The Hall–Kier alpha value is -2.90. The molecule has 0 saturated carbocycles. The van der Waals surface area contributed by atoms with Crippen molar-refractivity contribution in [3.63, 3.8) is 0 Å². The first kappa shape index (κ1) is 18.4. The van der Waals surface area contributed by atoms with Gasteiger partial charge in [-0.1, -0.05) is 24.3 Å². The van der Waals surface area contributed by atoms with E-state index in [2.05, 4.69) is 5.32 Å². The molecule has 2 amide bonds. The summed E-state index contributed by atoms with van der Waals surface area (Å²) in [5, 5.41) is 11.4. The van der Waals surface area contributed by atoms with E-state index >= 15 is 0 Å². The number of hydrogen-bond acceptors (Lipinski definition) is 5. The minimum atomic E-state index is -1.08. The van der Waals surface area contributed by atoms with E-state index in [0.29, 0.717) is 11.3 Å². The van der Waals surface area contributed by atoms with E-state index in [1.165, 1.54) is 5.48 Å². The maximum atomic E-state index is 12.4. The maximum absolute atomic E-state index is 12.4. The highest BCUT2D eigenvalue weighted by Gasteiger charge is 2.33. The van der Waals surface area contributed by atoms with Gasteiger partial charge in [0.15, 0.2) is 0 Å². The Labute approximate surface area is 146 Å². The van der Waals surface area contributed by atoms with Crippen LogP contribution in [-0.2, 0) is 4.79 Å². The molecule has 7 heteroatoms. The molecular weight excluding hydrogens is 320 g/mol. The van der Waals surface area contributed by atoms with Crippen LogP contribution in [0.25, 0.3) is 11.1 Å². The summed E-state index contributed by atoms with van der Waals surface area (Å²) in [4.78, 5) is 24.1. The van der Waals surface area contributed by atoms with Crippen molar-refractivity contribution in [1.82, 2.24) is 10.8 Å². The van der Waals surface area contributed by atoms with Crippen LogP contribution in [0, 0.1) is 0 Å². The lowest BCUT2D eigenvalue weighted by atomic mass is 9.94. The van der Waals surface area contributed by atoms with Crippen LogP contribution < -0.4 is 22.3 Å². The zero-order valence-corrected chi connectivity index (χ0v) is 14.1. The molecule has 2 aromatic rings. The molecule has 0 bridgehead atoms. The molecule has 0 spiro atoms. The summed E-state index contributed by atoms with van der Waals surface area (Å²) in [5.41, 5.74) is 15.0. The number of amides is 2. The quantitative estimate of drug-likeness (QED) is 0.317. The van der Waals surface area contributed by atoms with Crippen molar-refractivity contribution in [3.8, 4) is 11.1 Å². The number of nitrogen functional groups attached to an aromatic ring is 1. The molecule has 0 aromatic heterocycles. The highest BCUT2D eigenvalue weighted by atomic mass is 16.5. The fourth-order valence-corrected chi connectivity index (χ4v) is 2.36. The van der Waals surface area contributed by atoms with Gasteiger partial charge in [0.1, 0.15) is 6.04 Å². The summed E-state index contributed by atoms with van der Waals surface area (Å²) in [6, 6.07) is 13.2. The number of benzene rings is 2. The summed E-state index contributed by atoms with van der Waals surface area (Å²) in [6.07, 6.45) is 0. The monoisotopic (exact) mass is 342 g/mol. The molecule has 0 radical (unpaired) electrons. The van der Waals surface area contributed by atoms with Crippen molar-refractivity contribution in [2.45, 2.75) is 25.4 Å². The van der Waals surface area contributed by atoms with Crippen molar-refractivity contribution < 1.29 is 14.8 Å². The molecule has 0 aliphatic rings. The van der Waals surface area contributed by atoms with E-state index in [4.69, 9.17) is 16.7 Å². The molecule has 0 fully saturated rings. The molecule has 7 nitrogen and oxygen atoms in total. The SMILES string of the molecule is CC(C)(N)[C@H](NC(=O)c1ccc(-c2ccc(N)cc2)cc1)C(=O)NO. The Morgan fingerprint density at radius 1 is 1.00 bits per heavy atom. The second-order valence-electron chi connectivity index (χ2n) is 6.40. The zero-order chi connectivity index (χ0) is 18.6. The van der Waals surface area contributed by atoms with Gasteiger partial charge in [0.2, 0.25) is 0 Å². The molecule has 0 aliphatic carbocycles. The van der Waals surface area contributed by atoms with Gasteiger partial charge in [0.25, 0.3) is 11.8 Å². The lowest BCUT2D eigenvalue weighted by molar-refractivity contribution is -0.132. The first-order valence-electron chi connectivity index (χ1n) is 7.72. The third-order valence-corrected chi connectivity index (χ3v) is 3.78. The van der Waals surface area contributed by atoms with Crippen molar-refractivity contribution in [1.29, 1.82) is 0 Å². The number of nitrogens with one attached hydrogen (secondary N) is 2. The Morgan fingerprint density at radius 3 is 1.92 bits per heavy atom. The molecule has 7 N–H and O–H groups in total. The fraction of sp³-hybridized carbons (Fsp3) is 0.222. The highest BCUT2D eigenvalue weighted by Crippen LogP contribution is 2.21. The second kappa shape index (κ2) is 7.33. The first-order valence-corrected chi connectivity index (χ1v) is 7.72. The number of rotatable bonds is 5. The normalized spacial score (nSPS) is 12.3. The van der Waals surface area contributed by atoms with Gasteiger partial charge in [0.05, 0.1) is 0 Å². The molecule has 2 aromatic carbocycles. The number of carbonyl (C=O) groups excluding carboxylic acids is 2. The van der Waals surface area contributed by atoms with Crippen LogP contribution in [0.4, 0.5) is 5.69 Å². The number of anilines is 1. The van der Waals surface area contributed by atoms with Gasteiger partial charge in [-0.15, -0.1) is 0 Å². The van der Waals surface area contributed by atoms with Gasteiger partial charge in [-0.05, 0) is 49.2 Å². The number of hydrogen-bond donors (Lipinski definition) is 5. The first-order chi connectivity index (χ1) is 11.7. The standard InChI is InChI=1S/C18H22N4O3/c1-18(2,20)15(17(24)22-25)21-16(23)13-5-3-11(4-6-13)12-7-9-14(19)10-8-12/h3-10,15,25H,19-20H2,1-2H3,(H,21,23)(H,22,24)/t15-/m1/s1. The lowest BCUT2D eigenvalue weighted by Crippen LogP contribution is -2.61. The summed E-state index contributed by atoms with van der Waals surface area (Å²) in [5.74, 6) is -1.24. The van der Waals surface area contributed by atoms with Crippen LogP contribution >= 0.6 is 0 Å². The van der Waals surface area contributed by atoms with Crippen LogP contribution in [0.3, 0.4) is 0 Å². The Kier molecular flexibility index (Phi) is 5.41. The Bertz CT molecular complexity index is 749. The summed E-state index contributed by atoms with van der Waals surface area (Å²) in [6.45, 7) is 3.16. The van der Waals surface area contributed by atoms with Crippen molar-refractivity contribution in [3.05, 3.63) is 54.1 Å². The van der Waals surface area contributed by atoms with Gasteiger partial charge in [-0.3, -0.25) is 14.8 Å².